The maximum absolute atomic E-state index is 13.4. The minimum Gasteiger partial charge on any atom is -0.268 e. The zero-order chi connectivity index (χ0) is 18.5. The lowest BCUT2D eigenvalue weighted by Gasteiger charge is -2.34. The van der Waals surface area contributed by atoms with Crippen LogP contribution in [0.1, 0.15) is 11.1 Å². The summed E-state index contributed by atoms with van der Waals surface area (Å²) in [6.07, 6.45) is 0. The van der Waals surface area contributed by atoms with Crippen LogP contribution in [0.2, 0.25) is 0 Å². The summed E-state index contributed by atoms with van der Waals surface area (Å²) in [5.74, 6) is -0.322. The predicted octanol–water partition coefficient (Wildman–Crippen LogP) is 3.55. The van der Waals surface area contributed by atoms with Crippen molar-refractivity contribution in [1.29, 1.82) is 0 Å². The second kappa shape index (κ2) is 5.88. The van der Waals surface area contributed by atoms with Crippen LogP contribution in [-0.4, -0.2) is 34.5 Å². The quantitative estimate of drug-likeness (QED) is 0.763. The van der Waals surface area contributed by atoms with Gasteiger partial charge in [-0.15, -0.1) is 0 Å². The van der Waals surface area contributed by atoms with Crippen LogP contribution in [0.15, 0.2) is 53.6 Å². The smallest absolute Gasteiger partial charge is 0.268 e. The maximum Gasteiger partial charge on any atom is 0.339 e. The Balaban J connectivity index is 1.86. The van der Waals surface area contributed by atoms with Crippen LogP contribution in [0.5, 0.6) is 0 Å². The van der Waals surface area contributed by atoms with Crippen LogP contribution in [-0.2, 0) is 4.79 Å². The van der Waals surface area contributed by atoms with Crippen LogP contribution in [0.25, 0.3) is 0 Å². The Morgan fingerprint density at radius 1 is 0.885 bits per heavy atom. The average molecular weight is 366 g/mol. The number of urea groups is 1. The average Bonchev–Trinajstić information content (AvgIpc) is 3.10. The van der Waals surface area contributed by atoms with Gasteiger partial charge in [-0.05, 0) is 49.9 Å². The Labute approximate surface area is 156 Å². The predicted molar refractivity (Wildman–Crippen MR) is 104 cm³/mol. The number of rotatable bonds is 2. The molecule has 4 rings (SSSR count). The number of anilines is 2. The van der Waals surface area contributed by atoms with Gasteiger partial charge in [0, 0.05) is 12.7 Å². The van der Waals surface area contributed by atoms with Gasteiger partial charge in [0.15, 0.2) is 0 Å². The molecule has 1 fully saturated rings. The number of benzene rings is 2. The summed E-state index contributed by atoms with van der Waals surface area (Å²) >= 11 is 1.23. The number of hydrogen-bond acceptors (Lipinski definition) is 5. The molecule has 0 saturated carbocycles. The van der Waals surface area contributed by atoms with Crippen LogP contribution in [0.3, 0.4) is 0 Å². The topological polar surface area (TPSA) is 56.2 Å². The molecule has 7 heteroatoms. The lowest BCUT2D eigenvalue weighted by atomic mass is 10.2. The number of thioether (sulfide) groups is 1. The van der Waals surface area contributed by atoms with E-state index in [-0.39, 0.29) is 11.9 Å². The Bertz CT molecular complexity index is 910. The first-order chi connectivity index (χ1) is 12.4. The second-order valence-corrected chi connectivity index (χ2v) is 7.42. The van der Waals surface area contributed by atoms with Gasteiger partial charge in [-0.25, -0.2) is 9.69 Å². The molecule has 2 aliphatic heterocycles. The summed E-state index contributed by atoms with van der Waals surface area (Å²) < 4.78 is 0. The van der Waals surface area contributed by atoms with Gasteiger partial charge >= 0.3 is 6.03 Å². The van der Waals surface area contributed by atoms with Crippen molar-refractivity contribution in [1.82, 2.24) is 5.01 Å². The molecule has 1 spiro atoms. The number of carbonyl (C=O) groups is 2. The number of hydrazone groups is 1. The minimum absolute atomic E-state index is 0.322. The van der Waals surface area contributed by atoms with Gasteiger partial charge in [-0.2, -0.15) is 5.10 Å². The van der Waals surface area contributed by atoms with E-state index in [0.29, 0.717) is 11.4 Å². The van der Waals surface area contributed by atoms with E-state index in [1.807, 2.05) is 50.2 Å². The fourth-order valence-electron chi connectivity index (χ4n) is 3.17. The number of nitrogens with zero attached hydrogens (tertiary/aromatic N) is 4. The molecule has 2 aromatic rings. The molecule has 0 bridgehead atoms. The first-order valence-electron chi connectivity index (χ1n) is 8.21. The van der Waals surface area contributed by atoms with Crippen molar-refractivity contribution in [3.63, 3.8) is 0 Å². The molecule has 1 atom stereocenters. The molecule has 0 aromatic heterocycles. The number of carbonyl (C=O) groups excluding carboxylic acids is 2. The van der Waals surface area contributed by atoms with E-state index in [1.54, 1.807) is 29.7 Å². The van der Waals surface area contributed by atoms with Crippen molar-refractivity contribution in [2.75, 3.05) is 16.8 Å². The molecule has 2 aliphatic rings. The van der Waals surface area contributed by atoms with Crippen LogP contribution in [0.4, 0.5) is 16.2 Å². The highest BCUT2D eigenvalue weighted by atomic mass is 32.2. The summed E-state index contributed by atoms with van der Waals surface area (Å²) in [6.45, 7) is 3.95. The second-order valence-electron chi connectivity index (χ2n) is 6.40. The van der Waals surface area contributed by atoms with Crippen molar-refractivity contribution >= 4 is 40.6 Å². The zero-order valence-corrected chi connectivity index (χ0v) is 15.5. The standard InChI is InChI=1S/C19H18N4O2S/c1-13-4-8-15(9-5-13)22-17(24)19(21(3)20-12-26-19)23(18(22)25)16-10-6-14(2)7-11-16/h4-12H,1-3H3/t19-/m0/s1. The fraction of sp³-hybridized carbons (Fsp3) is 0.211. The van der Waals surface area contributed by atoms with Gasteiger partial charge in [-0.1, -0.05) is 35.4 Å². The lowest BCUT2D eigenvalue weighted by molar-refractivity contribution is -0.122. The number of amides is 3. The molecule has 3 amide bonds. The zero-order valence-electron chi connectivity index (χ0n) is 14.7. The van der Waals surface area contributed by atoms with E-state index in [9.17, 15) is 9.59 Å². The monoisotopic (exact) mass is 366 g/mol. The maximum atomic E-state index is 13.4. The Morgan fingerprint density at radius 2 is 1.42 bits per heavy atom. The summed E-state index contributed by atoms with van der Waals surface area (Å²) in [7, 11) is 1.71. The lowest BCUT2D eigenvalue weighted by Crippen LogP contribution is -2.55. The van der Waals surface area contributed by atoms with E-state index in [2.05, 4.69) is 5.10 Å². The van der Waals surface area contributed by atoms with Crippen LogP contribution >= 0.6 is 11.8 Å². The fourth-order valence-corrected chi connectivity index (χ4v) is 4.18. The molecule has 1 saturated heterocycles. The molecule has 0 unspecified atom stereocenters. The molecule has 26 heavy (non-hydrogen) atoms. The summed E-state index contributed by atoms with van der Waals surface area (Å²) in [4.78, 5) is 28.3. The number of aryl methyl sites for hydroxylation is 2. The molecule has 0 radical (unpaired) electrons. The van der Waals surface area contributed by atoms with E-state index in [0.717, 1.165) is 11.1 Å². The van der Waals surface area contributed by atoms with Crippen LogP contribution in [0, 0.1) is 13.8 Å². The third-order valence-electron chi connectivity index (χ3n) is 4.63. The summed E-state index contributed by atoms with van der Waals surface area (Å²) in [5.41, 5.74) is 4.97. The van der Waals surface area contributed by atoms with Gasteiger partial charge in [0.1, 0.15) is 0 Å². The van der Waals surface area contributed by atoms with Crippen molar-refractivity contribution in [2.24, 2.45) is 5.10 Å². The van der Waals surface area contributed by atoms with Gasteiger partial charge < -0.3 is 0 Å². The molecule has 132 valence electrons. The number of imide groups is 1. The Kier molecular flexibility index (Phi) is 3.77. The van der Waals surface area contributed by atoms with Crippen molar-refractivity contribution in [3.05, 3.63) is 59.7 Å². The van der Waals surface area contributed by atoms with Crippen molar-refractivity contribution in [3.8, 4) is 0 Å². The molecular weight excluding hydrogens is 348 g/mol. The molecule has 0 N–H and O–H groups in total. The molecule has 2 heterocycles. The van der Waals surface area contributed by atoms with E-state index in [4.69, 9.17) is 0 Å². The van der Waals surface area contributed by atoms with Gasteiger partial charge in [0.25, 0.3) is 10.9 Å². The first kappa shape index (κ1) is 16.7. The van der Waals surface area contributed by atoms with Gasteiger partial charge in [0.2, 0.25) is 0 Å². The Hall–Kier alpha value is -2.80. The SMILES string of the molecule is Cc1ccc(N2C(=O)N(c3ccc(C)cc3)[C@]3(SC=NN3C)C2=O)cc1. The highest BCUT2D eigenvalue weighted by Gasteiger charge is 2.63. The highest BCUT2D eigenvalue weighted by Crippen LogP contribution is 2.46. The van der Waals surface area contributed by atoms with Crippen LogP contribution < -0.4 is 9.80 Å². The number of hydrogen-bond donors (Lipinski definition) is 0. The third-order valence-corrected chi connectivity index (χ3v) is 5.78. The van der Waals surface area contributed by atoms with E-state index in [1.165, 1.54) is 21.6 Å². The first-order valence-corrected chi connectivity index (χ1v) is 9.09. The molecule has 0 aliphatic carbocycles. The Morgan fingerprint density at radius 3 is 1.92 bits per heavy atom. The summed E-state index contributed by atoms with van der Waals surface area (Å²) in [5, 5.41) is 5.77. The summed E-state index contributed by atoms with van der Waals surface area (Å²) in [6, 6.07) is 14.5. The number of likely N-dealkylation sites (N-methyl/N-ethyl adjacent to an activating group) is 1. The van der Waals surface area contributed by atoms with Crippen molar-refractivity contribution in [2.45, 2.75) is 18.8 Å². The molecule has 2 aromatic carbocycles. The van der Waals surface area contributed by atoms with Crippen molar-refractivity contribution < 1.29 is 9.59 Å². The highest BCUT2D eigenvalue weighted by molar-refractivity contribution is 8.14. The van der Waals surface area contributed by atoms with Gasteiger partial charge in [0.05, 0.1) is 11.2 Å². The third kappa shape index (κ3) is 2.24. The largest absolute Gasteiger partial charge is 0.339 e. The molecular formula is C19H18N4O2S. The van der Waals surface area contributed by atoms with Gasteiger partial charge in [-0.3, -0.25) is 14.7 Å². The van der Waals surface area contributed by atoms with E-state index < -0.39 is 4.99 Å². The minimum atomic E-state index is -1.24. The van der Waals surface area contributed by atoms with E-state index >= 15 is 0 Å². The molecule has 6 nitrogen and oxygen atoms in total. The normalized spacial score (nSPS) is 22.2.